The first-order valence-electron chi connectivity index (χ1n) is 3.85. The van der Waals surface area contributed by atoms with Crippen molar-refractivity contribution >= 4 is 34.9 Å². The van der Waals surface area contributed by atoms with E-state index in [9.17, 15) is 9.59 Å². The van der Waals surface area contributed by atoms with E-state index in [1.807, 2.05) is 0 Å². The van der Waals surface area contributed by atoms with Gasteiger partial charge in [-0.1, -0.05) is 23.2 Å². The van der Waals surface area contributed by atoms with Crippen molar-refractivity contribution in [3.63, 3.8) is 0 Å². The van der Waals surface area contributed by atoms with Crippen LogP contribution in [-0.2, 0) is 4.79 Å². The minimum atomic E-state index is -1.09. The van der Waals surface area contributed by atoms with Gasteiger partial charge in [0.05, 0.1) is 12.1 Å². The van der Waals surface area contributed by atoms with Gasteiger partial charge in [0.15, 0.2) is 0 Å². The lowest BCUT2D eigenvalue weighted by Crippen LogP contribution is -2.23. The Morgan fingerprint density at radius 2 is 1.87 bits per heavy atom. The van der Waals surface area contributed by atoms with Crippen LogP contribution in [0.4, 0.5) is 0 Å². The highest BCUT2D eigenvalue weighted by Crippen LogP contribution is 2.34. The molecule has 2 N–H and O–H groups in total. The fourth-order valence-corrected chi connectivity index (χ4v) is 1.48. The maximum Gasteiger partial charge on any atom is 0.289 e. The van der Waals surface area contributed by atoms with Crippen LogP contribution in [0.25, 0.3) is 0 Å². The van der Waals surface area contributed by atoms with Crippen molar-refractivity contribution in [1.29, 1.82) is 0 Å². The lowest BCUT2D eigenvalue weighted by Gasteiger charge is -2.07. The van der Waals surface area contributed by atoms with E-state index < -0.39 is 11.7 Å². The van der Waals surface area contributed by atoms with Crippen LogP contribution in [0.2, 0.25) is 10.0 Å². The molecule has 15 heavy (non-hydrogen) atoms. The zero-order chi connectivity index (χ0) is 11.6. The molecule has 6 heteroatoms. The quantitative estimate of drug-likeness (QED) is 0.653. The van der Waals surface area contributed by atoms with E-state index >= 15 is 0 Å². The number of ether oxygens (including phenoxy) is 1. The van der Waals surface area contributed by atoms with E-state index in [1.165, 1.54) is 19.2 Å². The van der Waals surface area contributed by atoms with Gasteiger partial charge in [0.25, 0.3) is 11.7 Å². The van der Waals surface area contributed by atoms with Gasteiger partial charge in [0.2, 0.25) is 0 Å². The molecule has 0 spiro atoms. The van der Waals surface area contributed by atoms with Crippen LogP contribution in [0.1, 0.15) is 10.4 Å². The van der Waals surface area contributed by atoms with E-state index in [4.69, 9.17) is 33.7 Å². The van der Waals surface area contributed by atoms with Gasteiger partial charge in [0, 0.05) is 5.56 Å². The Balaban J connectivity index is 3.29. The van der Waals surface area contributed by atoms with Crippen molar-refractivity contribution in [3.8, 4) is 5.75 Å². The molecule has 0 aliphatic carbocycles. The van der Waals surface area contributed by atoms with Crippen LogP contribution in [0, 0.1) is 0 Å². The average Bonchev–Trinajstić information content (AvgIpc) is 2.21. The molecule has 80 valence electrons. The highest BCUT2D eigenvalue weighted by atomic mass is 35.5. The lowest BCUT2D eigenvalue weighted by atomic mass is 10.1. The molecule has 0 atom stereocenters. The van der Waals surface area contributed by atoms with Crippen LogP contribution < -0.4 is 10.5 Å². The van der Waals surface area contributed by atoms with Gasteiger partial charge in [-0.25, -0.2) is 0 Å². The Labute approximate surface area is 95.9 Å². The molecule has 4 nitrogen and oxygen atoms in total. The maximum atomic E-state index is 11.3. The minimum absolute atomic E-state index is 0.0324. The van der Waals surface area contributed by atoms with Crippen molar-refractivity contribution in [3.05, 3.63) is 27.7 Å². The van der Waals surface area contributed by atoms with Crippen molar-refractivity contribution < 1.29 is 14.3 Å². The minimum Gasteiger partial charge on any atom is -0.495 e. The third-order valence-corrected chi connectivity index (χ3v) is 2.60. The van der Waals surface area contributed by atoms with E-state index in [0.29, 0.717) is 5.75 Å². The highest BCUT2D eigenvalue weighted by Gasteiger charge is 2.19. The zero-order valence-corrected chi connectivity index (χ0v) is 9.22. The number of carbonyl (C=O) groups excluding carboxylic acids is 2. The van der Waals surface area contributed by atoms with E-state index in [0.717, 1.165) is 0 Å². The number of hydrogen-bond acceptors (Lipinski definition) is 3. The van der Waals surface area contributed by atoms with Crippen LogP contribution in [0.15, 0.2) is 12.1 Å². The summed E-state index contributed by atoms with van der Waals surface area (Å²) in [6, 6.07) is 2.77. The Bertz CT molecular complexity index is 432. The number of methoxy groups -OCH3 is 1. The monoisotopic (exact) mass is 247 g/mol. The molecular formula is C9H7Cl2NO3. The first kappa shape index (κ1) is 11.8. The molecule has 1 aromatic carbocycles. The second-order valence-corrected chi connectivity index (χ2v) is 3.39. The van der Waals surface area contributed by atoms with Crippen molar-refractivity contribution in [1.82, 2.24) is 0 Å². The number of rotatable bonds is 3. The molecule has 0 heterocycles. The number of nitrogens with two attached hydrogens (primary N) is 1. The summed E-state index contributed by atoms with van der Waals surface area (Å²) in [5, 5.41) is 0.0334. The predicted molar refractivity (Wildman–Crippen MR) is 56.5 cm³/mol. The Kier molecular flexibility index (Phi) is 3.55. The smallest absolute Gasteiger partial charge is 0.289 e. The van der Waals surface area contributed by atoms with Gasteiger partial charge in [0.1, 0.15) is 10.8 Å². The zero-order valence-electron chi connectivity index (χ0n) is 7.71. The molecule has 0 aliphatic heterocycles. The van der Waals surface area contributed by atoms with Crippen LogP contribution in [-0.4, -0.2) is 18.8 Å². The molecule has 0 bridgehead atoms. The number of amides is 1. The summed E-state index contributed by atoms with van der Waals surface area (Å²) in [5.41, 5.74) is 4.80. The number of hydrogen-bond donors (Lipinski definition) is 1. The fraction of sp³-hybridized carbons (Fsp3) is 0.111. The van der Waals surface area contributed by atoms with E-state index in [2.05, 4.69) is 0 Å². The summed E-state index contributed by atoms with van der Waals surface area (Å²) in [6.45, 7) is 0. The molecule has 1 aromatic rings. The summed E-state index contributed by atoms with van der Waals surface area (Å²) in [4.78, 5) is 21.9. The molecule has 0 unspecified atom stereocenters. The van der Waals surface area contributed by atoms with Crippen LogP contribution >= 0.6 is 23.2 Å². The Hall–Kier alpha value is -1.26. The summed E-state index contributed by atoms with van der Waals surface area (Å²) in [6.07, 6.45) is 0. The molecule has 0 fully saturated rings. The molecule has 1 amide bonds. The predicted octanol–water partition coefficient (Wildman–Crippen LogP) is 1.67. The molecule has 0 radical (unpaired) electrons. The molecule has 0 saturated heterocycles. The van der Waals surface area contributed by atoms with E-state index in [-0.39, 0.29) is 15.6 Å². The second kappa shape index (κ2) is 4.51. The fourth-order valence-electron chi connectivity index (χ4n) is 0.997. The SMILES string of the molecule is COc1ccc(C(=O)C(N)=O)c(Cl)c1Cl. The van der Waals surface area contributed by atoms with Crippen molar-refractivity contribution in [2.75, 3.05) is 7.11 Å². The third kappa shape index (κ3) is 2.22. The Morgan fingerprint density at radius 1 is 1.27 bits per heavy atom. The first-order chi connectivity index (χ1) is 6.99. The van der Waals surface area contributed by atoms with Gasteiger partial charge >= 0.3 is 0 Å². The van der Waals surface area contributed by atoms with Crippen LogP contribution in [0.3, 0.4) is 0 Å². The van der Waals surface area contributed by atoms with Gasteiger partial charge in [-0.15, -0.1) is 0 Å². The lowest BCUT2D eigenvalue weighted by molar-refractivity contribution is -0.114. The number of halogens is 2. The number of carbonyl (C=O) groups is 2. The number of Topliss-reactive ketones (excluding diaryl/α,β-unsaturated/α-hetero) is 1. The van der Waals surface area contributed by atoms with Crippen molar-refractivity contribution in [2.24, 2.45) is 5.73 Å². The van der Waals surface area contributed by atoms with Gasteiger partial charge in [-0.2, -0.15) is 0 Å². The topological polar surface area (TPSA) is 69.4 Å². The summed E-state index contributed by atoms with van der Waals surface area (Å²) < 4.78 is 4.88. The molecule has 0 aliphatic rings. The Morgan fingerprint density at radius 3 is 2.33 bits per heavy atom. The van der Waals surface area contributed by atoms with Gasteiger partial charge in [-0.3, -0.25) is 9.59 Å². The molecule has 0 saturated carbocycles. The van der Waals surface area contributed by atoms with Crippen LogP contribution in [0.5, 0.6) is 5.75 Å². The maximum absolute atomic E-state index is 11.3. The third-order valence-electron chi connectivity index (χ3n) is 1.74. The normalized spacial score (nSPS) is 9.80. The largest absolute Gasteiger partial charge is 0.495 e. The average molecular weight is 248 g/mol. The van der Waals surface area contributed by atoms with E-state index in [1.54, 1.807) is 0 Å². The first-order valence-corrected chi connectivity index (χ1v) is 4.60. The number of benzene rings is 1. The highest BCUT2D eigenvalue weighted by molar-refractivity contribution is 6.50. The number of ketones is 1. The summed E-state index contributed by atoms with van der Waals surface area (Å²) >= 11 is 11.6. The summed E-state index contributed by atoms with van der Waals surface area (Å²) in [7, 11) is 1.41. The molecule has 1 rings (SSSR count). The molecular weight excluding hydrogens is 241 g/mol. The second-order valence-electron chi connectivity index (χ2n) is 2.64. The standard InChI is InChI=1S/C9H7Cl2NO3/c1-15-5-3-2-4(6(10)7(5)11)8(13)9(12)14/h2-3H,1H3,(H2,12,14). The van der Waals surface area contributed by atoms with Crippen molar-refractivity contribution in [2.45, 2.75) is 0 Å². The molecule has 0 aromatic heterocycles. The summed E-state index contributed by atoms with van der Waals surface area (Å²) in [5.74, 6) is -1.65. The van der Waals surface area contributed by atoms with Gasteiger partial charge in [-0.05, 0) is 12.1 Å². The number of primary amides is 1. The van der Waals surface area contributed by atoms with Gasteiger partial charge < -0.3 is 10.5 Å².